The van der Waals surface area contributed by atoms with E-state index in [0.717, 1.165) is 31.4 Å². The maximum Gasteiger partial charge on any atom is 0.416 e. The van der Waals surface area contributed by atoms with Crippen molar-refractivity contribution in [2.24, 2.45) is 5.92 Å². The van der Waals surface area contributed by atoms with E-state index in [1.807, 2.05) is 0 Å². The van der Waals surface area contributed by atoms with Gasteiger partial charge >= 0.3 is 12.1 Å². The number of rotatable bonds is 7. The summed E-state index contributed by atoms with van der Waals surface area (Å²) in [7, 11) is -2.74. The molecule has 0 amide bonds. The van der Waals surface area contributed by atoms with E-state index >= 15 is 0 Å². The molecule has 10 heteroatoms. The van der Waals surface area contributed by atoms with Gasteiger partial charge in [-0.2, -0.15) is 13.2 Å². The number of nitrogens with one attached hydrogen (secondary N) is 1. The van der Waals surface area contributed by atoms with Gasteiger partial charge in [0, 0.05) is 0 Å². The molecule has 0 unspecified atom stereocenters. The highest BCUT2D eigenvalue weighted by molar-refractivity contribution is 7.92. The number of benzene rings is 1. The van der Waals surface area contributed by atoms with Crippen molar-refractivity contribution < 1.29 is 35.9 Å². The van der Waals surface area contributed by atoms with E-state index < -0.39 is 38.5 Å². The van der Waals surface area contributed by atoms with Crippen molar-refractivity contribution in [3.8, 4) is 5.75 Å². The molecule has 6 nitrogen and oxygen atoms in total. The van der Waals surface area contributed by atoms with Gasteiger partial charge < -0.3 is 14.8 Å². The zero-order valence-corrected chi connectivity index (χ0v) is 14.9. The first-order valence-corrected chi connectivity index (χ1v) is 9.64. The van der Waals surface area contributed by atoms with E-state index in [2.05, 4.69) is 10.1 Å². The first-order chi connectivity index (χ1) is 12.1. The van der Waals surface area contributed by atoms with Gasteiger partial charge in [-0.15, -0.1) is 0 Å². The highest BCUT2D eigenvalue weighted by Crippen LogP contribution is 2.30. The monoisotopic (exact) mass is 395 g/mol. The molecular weight excluding hydrogens is 375 g/mol. The van der Waals surface area contributed by atoms with E-state index in [9.17, 15) is 26.4 Å². The van der Waals surface area contributed by atoms with Gasteiger partial charge in [0.25, 0.3) is 0 Å². The molecule has 1 N–H and O–H groups in total. The predicted octanol–water partition coefficient (Wildman–Crippen LogP) is 1.65. The molecule has 1 saturated heterocycles. The van der Waals surface area contributed by atoms with Crippen LogP contribution in [0.2, 0.25) is 0 Å². The molecule has 0 saturated carbocycles. The zero-order chi connectivity index (χ0) is 19.4. The Morgan fingerprint density at radius 1 is 1.31 bits per heavy atom. The normalized spacial score (nSPS) is 19.2. The third kappa shape index (κ3) is 5.34. The summed E-state index contributed by atoms with van der Waals surface area (Å²) in [6, 6.07) is 4.01. The van der Waals surface area contributed by atoms with Crippen LogP contribution in [0, 0.1) is 5.92 Å². The lowest BCUT2D eigenvalue weighted by Gasteiger charge is -2.23. The Hall–Kier alpha value is -1.81. The average molecular weight is 395 g/mol. The number of esters is 1. The van der Waals surface area contributed by atoms with Crippen LogP contribution in [-0.4, -0.2) is 52.2 Å². The number of hydrogen-bond acceptors (Lipinski definition) is 6. The zero-order valence-electron chi connectivity index (χ0n) is 14.1. The highest BCUT2D eigenvalue weighted by atomic mass is 32.2. The SMILES string of the molecule is COC(=O)CS(=O)(=O)[C@H](COc1ccc(C(F)(F)F)cc1)[C@H]1CCNC1. The molecule has 1 fully saturated rings. The van der Waals surface area contributed by atoms with Crippen LogP contribution < -0.4 is 10.1 Å². The summed E-state index contributed by atoms with van der Waals surface area (Å²) >= 11 is 0. The molecule has 1 aromatic rings. The summed E-state index contributed by atoms with van der Waals surface area (Å²) < 4.78 is 72.7. The minimum atomic E-state index is -4.46. The summed E-state index contributed by atoms with van der Waals surface area (Å²) in [6.07, 6.45) is -3.86. The third-order valence-corrected chi connectivity index (χ3v) is 6.31. The molecule has 26 heavy (non-hydrogen) atoms. The maximum atomic E-state index is 12.6. The molecule has 2 rings (SSSR count). The Labute approximate surface area is 149 Å². The number of alkyl halides is 3. The Morgan fingerprint density at radius 2 is 1.96 bits per heavy atom. The van der Waals surface area contributed by atoms with Crippen molar-refractivity contribution >= 4 is 15.8 Å². The van der Waals surface area contributed by atoms with Crippen molar-refractivity contribution in [2.75, 3.05) is 32.6 Å². The number of carbonyl (C=O) groups excluding carboxylic acids is 1. The standard InChI is InChI=1S/C16H20F3NO5S/c1-24-15(21)10-26(22,23)14(11-6-7-20-8-11)9-25-13-4-2-12(3-5-13)16(17,18)19/h2-5,11,14,20H,6-10H2,1H3/t11-,14+/m0/s1. The molecular formula is C16H20F3NO5S. The van der Waals surface area contributed by atoms with Gasteiger partial charge in [-0.3, -0.25) is 4.79 Å². The molecule has 0 bridgehead atoms. The minimum absolute atomic E-state index is 0.127. The summed E-state index contributed by atoms with van der Waals surface area (Å²) in [5.74, 6) is -1.75. The fraction of sp³-hybridized carbons (Fsp3) is 0.562. The Kier molecular flexibility index (Phi) is 6.51. The quantitative estimate of drug-likeness (QED) is 0.707. The van der Waals surface area contributed by atoms with Crippen LogP contribution in [-0.2, 0) is 25.5 Å². The van der Waals surface area contributed by atoms with Gasteiger partial charge in [0.15, 0.2) is 9.84 Å². The van der Waals surface area contributed by atoms with E-state index in [0.29, 0.717) is 19.5 Å². The topological polar surface area (TPSA) is 81.7 Å². The van der Waals surface area contributed by atoms with Gasteiger partial charge in [0.1, 0.15) is 18.1 Å². The van der Waals surface area contributed by atoms with E-state index in [1.165, 1.54) is 0 Å². The molecule has 1 aromatic carbocycles. The van der Waals surface area contributed by atoms with Crippen molar-refractivity contribution in [1.29, 1.82) is 0 Å². The van der Waals surface area contributed by atoms with E-state index in [1.54, 1.807) is 0 Å². The van der Waals surface area contributed by atoms with Crippen LogP contribution in [0.15, 0.2) is 24.3 Å². The van der Waals surface area contributed by atoms with Crippen molar-refractivity contribution in [3.05, 3.63) is 29.8 Å². The van der Waals surface area contributed by atoms with Crippen molar-refractivity contribution in [2.45, 2.75) is 17.8 Å². The van der Waals surface area contributed by atoms with E-state index in [-0.39, 0.29) is 18.3 Å². The number of sulfone groups is 1. The summed E-state index contributed by atoms with van der Waals surface area (Å²) in [5, 5.41) is 2.09. The van der Waals surface area contributed by atoms with Gasteiger partial charge in [-0.25, -0.2) is 8.42 Å². The van der Waals surface area contributed by atoms with Crippen LogP contribution in [0.4, 0.5) is 13.2 Å². The lowest BCUT2D eigenvalue weighted by atomic mass is 10.1. The number of methoxy groups -OCH3 is 1. The molecule has 2 atom stereocenters. The van der Waals surface area contributed by atoms with Crippen LogP contribution in [0.3, 0.4) is 0 Å². The van der Waals surface area contributed by atoms with Crippen molar-refractivity contribution in [1.82, 2.24) is 5.32 Å². The van der Waals surface area contributed by atoms with E-state index in [4.69, 9.17) is 4.74 Å². The highest BCUT2D eigenvalue weighted by Gasteiger charge is 2.37. The average Bonchev–Trinajstić information content (AvgIpc) is 3.08. The largest absolute Gasteiger partial charge is 0.492 e. The molecule has 1 aliphatic rings. The van der Waals surface area contributed by atoms with Crippen LogP contribution in [0.25, 0.3) is 0 Å². The third-order valence-electron chi connectivity index (χ3n) is 4.23. The second kappa shape index (κ2) is 8.26. The summed E-state index contributed by atoms with van der Waals surface area (Å²) in [5.41, 5.74) is -0.820. The Balaban J connectivity index is 2.11. The molecule has 146 valence electrons. The second-order valence-electron chi connectivity index (χ2n) is 6.01. The lowest BCUT2D eigenvalue weighted by molar-refractivity contribution is -0.138. The molecule has 1 aliphatic heterocycles. The first-order valence-electron chi connectivity index (χ1n) is 7.92. The Morgan fingerprint density at radius 3 is 2.46 bits per heavy atom. The summed E-state index contributed by atoms with van der Waals surface area (Å²) in [6.45, 7) is 0.855. The Bertz CT molecular complexity index is 712. The van der Waals surface area contributed by atoms with Gasteiger partial charge in [0.05, 0.1) is 17.9 Å². The maximum absolute atomic E-state index is 12.6. The first kappa shape index (κ1) is 20.5. The van der Waals surface area contributed by atoms with Crippen LogP contribution in [0.1, 0.15) is 12.0 Å². The van der Waals surface area contributed by atoms with Gasteiger partial charge in [-0.05, 0) is 49.7 Å². The number of halogens is 3. The molecule has 0 spiro atoms. The van der Waals surface area contributed by atoms with Crippen molar-refractivity contribution in [3.63, 3.8) is 0 Å². The van der Waals surface area contributed by atoms with Gasteiger partial charge in [0.2, 0.25) is 0 Å². The molecule has 0 radical (unpaired) electrons. The van der Waals surface area contributed by atoms with Gasteiger partial charge in [-0.1, -0.05) is 0 Å². The molecule has 0 aliphatic carbocycles. The predicted molar refractivity (Wildman–Crippen MR) is 87.5 cm³/mol. The smallest absolute Gasteiger partial charge is 0.416 e. The fourth-order valence-electron chi connectivity index (χ4n) is 2.78. The van der Waals surface area contributed by atoms with Crippen LogP contribution in [0.5, 0.6) is 5.75 Å². The van der Waals surface area contributed by atoms with Crippen LogP contribution >= 0.6 is 0 Å². The summed E-state index contributed by atoms with van der Waals surface area (Å²) in [4.78, 5) is 11.4. The molecule has 0 aromatic heterocycles. The number of carbonyl (C=O) groups is 1. The number of hydrogen-bond donors (Lipinski definition) is 1. The second-order valence-corrected chi connectivity index (χ2v) is 8.23. The number of ether oxygens (including phenoxy) is 2. The fourth-order valence-corrected chi connectivity index (χ4v) is 4.53. The molecule has 1 heterocycles. The lowest BCUT2D eigenvalue weighted by Crippen LogP contribution is -2.39. The minimum Gasteiger partial charge on any atom is -0.492 e.